The monoisotopic (exact) mass is 174 g/mol. The molecular formula is C6H5FNO2S. The molecule has 5 heteroatoms. The van der Waals surface area contributed by atoms with Gasteiger partial charge in [-0.05, 0) is 0 Å². The van der Waals surface area contributed by atoms with Crippen molar-refractivity contribution in [1.29, 1.82) is 0 Å². The summed E-state index contributed by atoms with van der Waals surface area (Å²) in [6, 6.07) is 3.14. The lowest BCUT2D eigenvalue weighted by molar-refractivity contribution is 0.572. The van der Waals surface area contributed by atoms with Gasteiger partial charge in [-0.25, -0.2) is 13.4 Å². The SMILES string of the molecule is CS(=O)(=O)c1[c]cnc(F)c1. The van der Waals surface area contributed by atoms with Gasteiger partial charge < -0.3 is 0 Å². The molecule has 59 valence electrons. The van der Waals surface area contributed by atoms with Crippen LogP contribution in [0.25, 0.3) is 0 Å². The van der Waals surface area contributed by atoms with Gasteiger partial charge in [0, 0.05) is 24.6 Å². The van der Waals surface area contributed by atoms with Gasteiger partial charge in [0.05, 0.1) is 4.90 Å². The van der Waals surface area contributed by atoms with Crippen molar-refractivity contribution in [3.05, 3.63) is 24.3 Å². The van der Waals surface area contributed by atoms with E-state index in [-0.39, 0.29) is 4.90 Å². The number of halogens is 1. The second-order valence-electron chi connectivity index (χ2n) is 2.01. The molecule has 0 fully saturated rings. The molecule has 1 aromatic heterocycles. The lowest BCUT2D eigenvalue weighted by Crippen LogP contribution is -1.98. The first-order chi connectivity index (χ1) is 5.00. The van der Waals surface area contributed by atoms with Crippen LogP contribution in [0.2, 0.25) is 0 Å². The second kappa shape index (κ2) is 2.58. The van der Waals surface area contributed by atoms with Gasteiger partial charge in [0.15, 0.2) is 9.84 Å². The molecule has 1 rings (SSSR count). The highest BCUT2D eigenvalue weighted by Gasteiger charge is 2.07. The first-order valence-electron chi connectivity index (χ1n) is 2.73. The summed E-state index contributed by atoms with van der Waals surface area (Å²) in [5.74, 6) is -0.816. The van der Waals surface area contributed by atoms with Gasteiger partial charge in [-0.3, -0.25) is 0 Å². The zero-order valence-corrected chi connectivity index (χ0v) is 6.52. The minimum absolute atomic E-state index is 0.176. The van der Waals surface area contributed by atoms with Crippen LogP contribution in [0.15, 0.2) is 17.2 Å². The third-order valence-corrected chi connectivity index (χ3v) is 2.08. The van der Waals surface area contributed by atoms with Crippen LogP contribution >= 0.6 is 0 Å². The van der Waals surface area contributed by atoms with Crippen molar-refractivity contribution < 1.29 is 12.8 Å². The summed E-state index contributed by atoms with van der Waals surface area (Å²) in [7, 11) is -3.36. The summed E-state index contributed by atoms with van der Waals surface area (Å²) < 4.78 is 33.8. The Morgan fingerprint density at radius 1 is 1.64 bits per heavy atom. The Labute approximate surface area is 63.8 Å². The van der Waals surface area contributed by atoms with E-state index < -0.39 is 15.8 Å². The Balaban J connectivity index is 3.28. The van der Waals surface area contributed by atoms with E-state index in [0.29, 0.717) is 0 Å². The van der Waals surface area contributed by atoms with E-state index in [0.717, 1.165) is 18.5 Å². The Morgan fingerprint density at radius 2 is 2.27 bits per heavy atom. The van der Waals surface area contributed by atoms with Crippen molar-refractivity contribution in [2.75, 3.05) is 6.26 Å². The molecule has 0 saturated heterocycles. The van der Waals surface area contributed by atoms with Gasteiger partial charge in [0.1, 0.15) is 0 Å². The van der Waals surface area contributed by atoms with Crippen LogP contribution in [0.4, 0.5) is 4.39 Å². The molecule has 0 aliphatic carbocycles. The normalized spacial score (nSPS) is 11.5. The topological polar surface area (TPSA) is 47.0 Å². The Kier molecular flexibility index (Phi) is 1.90. The van der Waals surface area contributed by atoms with Crippen LogP contribution < -0.4 is 0 Å². The molecule has 11 heavy (non-hydrogen) atoms. The summed E-state index contributed by atoms with van der Waals surface area (Å²) in [4.78, 5) is 2.99. The molecule has 0 saturated carbocycles. The van der Waals surface area contributed by atoms with E-state index in [4.69, 9.17) is 0 Å². The number of nitrogens with zero attached hydrogens (tertiary/aromatic N) is 1. The molecular weight excluding hydrogens is 169 g/mol. The van der Waals surface area contributed by atoms with Crippen molar-refractivity contribution in [2.45, 2.75) is 4.90 Å². The Morgan fingerprint density at radius 3 is 2.64 bits per heavy atom. The summed E-state index contributed by atoms with van der Waals surface area (Å²) >= 11 is 0. The minimum Gasteiger partial charge on any atom is -0.228 e. The highest BCUT2D eigenvalue weighted by molar-refractivity contribution is 7.90. The summed E-state index contributed by atoms with van der Waals surface area (Å²) in [6.45, 7) is 0. The van der Waals surface area contributed by atoms with Gasteiger partial charge in [-0.2, -0.15) is 4.39 Å². The molecule has 0 bridgehead atoms. The van der Waals surface area contributed by atoms with E-state index in [1.807, 2.05) is 0 Å². The number of rotatable bonds is 1. The van der Waals surface area contributed by atoms with Crippen LogP contribution in [0.5, 0.6) is 0 Å². The molecule has 0 aliphatic rings. The average Bonchev–Trinajstić information content (AvgIpc) is 1.86. The molecule has 0 aliphatic heterocycles. The average molecular weight is 174 g/mol. The Hall–Kier alpha value is -0.970. The first-order valence-corrected chi connectivity index (χ1v) is 4.62. The lowest BCUT2D eigenvalue weighted by Gasteiger charge is -1.94. The van der Waals surface area contributed by atoms with Crippen molar-refractivity contribution in [1.82, 2.24) is 4.98 Å². The molecule has 0 aromatic carbocycles. The fourth-order valence-corrected chi connectivity index (χ4v) is 1.14. The van der Waals surface area contributed by atoms with Crippen LogP contribution in [-0.2, 0) is 9.84 Å². The molecule has 0 spiro atoms. The maximum atomic E-state index is 12.3. The van der Waals surface area contributed by atoms with Crippen molar-refractivity contribution in [2.24, 2.45) is 0 Å². The van der Waals surface area contributed by atoms with Crippen LogP contribution in [-0.4, -0.2) is 19.7 Å². The van der Waals surface area contributed by atoms with E-state index >= 15 is 0 Å². The zero-order chi connectivity index (χ0) is 8.48. The standard InChI is InChI=1S/C6H5FNO2S/c1-11(9,10)5-2-3-8-6(7)4-5/h3-4H,1H3. The summed E-state index contributed by atoms with van der Waals surface area (Å²) in [5, 5.41) is 0. The number of hydrogen-bond donors (Lipinski definition) is 0. The molecule has 1 radical (unpaired) electrons. The molecule has 3 nitrogen and oxygen atoms in total. The number of aromatic nitrogens is 1. The van der Waals surface area contributed by atoms with E-state index in [9.17, 15) is 12.8 Å². The summed E-state index contributed by atoms with van der Waals surface area (Å²) in [6.07, 6.45) is 1.98. The fourth-order valence-electron chi connectivity index (χ4n) is 0.559. The third kappa shape index (κ3) is 1.98. The quantitative estimate of drug-likeness (QED) is 0.580. The van der Waals surface area contributed by atoms with Crippen molar-refractivity contribution in [3.8, 4) is 0 Å². The minimum atomic E-state index is -3.36. The van der Waals surface area contributed by atoms with Gasteiger partial charge in [-0.1, -0.05) is 0 Å². The molecule has 0 unspecified atom stereocenters. The second-order valence-corrected chi connectivity index (χ2v) is 3.99. The van der Waals surface area contributed by atoms with Crippen molar-refractivity contribution >= 4 is 9.84 Å². The molecule has 0 N–H and O–H groups in total. The molecule has 0 atom stereocenters. The molecule has 1 heterocycles. The largest absolute Gasteiger partial charge is 0.228 e. The summed E-state index contributed by atoms with van der Waals surface area (Å²) in [5.41, 5.74) is 0. The number of sulfone groups is 1. The van der Waals surface area contributed by atoms with E-state index in [1.54, 1.807) is 0 Å². The van der Waals surface area contributed by atoms with Crippen LogP contribution in [0.1, 0.15) is 0 Å². The fraction of sp³-hybridized carbons (Fsp3) is 0.167. The predicted octanol–water partition coefficient (Wildman–Crippen LogP) is 0.424. The Bertz CT molecular complexity index is 361. The van der Waals surface area contributed by atoms with Crippen LogP contribution in [0, 0.1) is 12.0 Å². The molecule has 0 amide bonds. The zero-order valence-electron chi connectivity index (χ0n) is 5.70. The van der Waals surface area contributed by atoms with Crippen molar-refractivity contribution in [3.63, 3.8) is 0 Å². The number of hydrogen-bond acceptors (Lipinski definition) is 3. The van der Waals surface area contributed by atoms with E-state index in [2.05, 4.69) is 11.1 Å². The van der Waals surface area contributed by atoms with Crippen LogP contribution in [0.3, 0.4) is 0 Å². The van der Waals surface area contributed by atoms with Gasteiger partial charge in [0.25, 0.3) is 0 Å². The van der Waals surface area contributed by atoms with Gasteiger partial charge in [-0.15, -0.1) is 0 Å². The maximum Gasteiger partial charge on any atom is 0.214 e. The molecule has 1 aromatic rings. The third-order valence-electron chi connectivity index (χ3n) is 1.04. The van der Waals surface area contributed by atoms with E-state index in [1.165, 1.54) is 0 Å². The highest BCUT2D eigenvalue weighted by atomic mass is 32.2. The first kappa shape index (κ1) is 8.13. The smallest absolute Gasteiger partial charge is 0.214 e. The maximum absolute atomic E-state index is 12.3. The predicted molar refractivity (Wildman–Crippen MR) is 36.1 cm³/mol. The van der Waals surface area contributed by atoms with Gasteiger partial charge in [0.2, 0.25) is 5.95 Å². The van der Waals surface area contributed by atoms with Gasteiger partial charge >= 0.3 is 0 Å². The lowest BCUT2D eigenvalue weighted by atomic mass is 10.5. The number of pyridine rings is 1. The highest BCUT2D eigenvalue weighted by Crippen LogP contribution is 2.06.